The van der Waals surface area contributed by atoms with Crippen LogP contribution in [0.5, 0.6) is 23.0 Å². The lowest BCUT2D eigenvalue weighted by atomic mass is 9.95. The molecule has 5 aromatic rings. The zero-order valence-electron chi connectivity index (χ0n) is 26.9. The molecule has 2 aliphatic heterocycles. The number of ketones is 1. The lowest BCUT2D eigenvalue weighted by Gasteiger charge is -2.24. The van der Waals surface area contributed by atoms with Gasteiger partial charge in [0, 0.05) is 11.3 Å². The van der Waals surface area contributed by atoms with Crippen molar-refractivity contribution in [2.45, 2.75) is 36.4 Å². The van der Waals surface area contributed by atoms with Gasteiger partial charge in [-0.3, -0.25) is 14.5 Å². The summed E-state index contributed by atoms with van der Waals surface area (Å²) in [5.41, 5.74) is 1.90. The van der Waals surface area contributed by atoms with E-state index in [2.05, 4.69) is 34.5 Å². The first-order valence-electron chi connectivity index (χ1n) is 16.0. The highest BCUT2D eigenvalue weighted by atomic mass is 32.2. The van der Waals surface area contributed by atoms with Crippen LogP contribution in [0.25, 0.3) is 16.5 Å². The first-order valence-corrected chi connectivity index (χ1v) is 17.8. The van der Waals surface area contributed by atoms with Gasteiger partial charge in [-0.15, -0.1) is 10.2 Å². The van der Waals surface area contributed by atoms with Gasteiger partial charge in [0.15, 0.2) is 27.3 Å². The number of aromatic nitrogens is 2. The molecule has 3 heterocycles. The van der Waals surface area contributed by atoms with Crippen LogP contribution in [0, 0.1) is 0 Å². The summed E-state index contributed by atoms with van der Waals surface area (Å²) in [6, 6.07) is 23.5. The van der Waals surface area contributed by atoms with E-state index in [-0.39, 0.29) is 16.5 Å². The minimum atomic E-state index is -1.03. The topological polar surface area (TPSA) is 120 Å². The molecule has 0 aliphatic carbocycles. The number of hydrogen-bond acceptors (Lipinski definition) is 11. The maximum atomic E-state index is 13.9. The largest absolute Gasteiger partial charge is 0.507 e. The van der Waals surface area contributed by atoms with Gasteiger partial charge >= 0.3 is 5.91 Å². The van der Waals surface area contributed by atoms with E-state index in [0.717, 1.165) is 22.8 Å². The van der Waals surface area contributed by atoms with Gasteiger partial charge in [-0.05, 0) is 65.6 Å². The lowest BCUT2D eigenvalue weighted by molar-refractivity contribution is -0.132. The van der Waals surface area contributed by atoms with Crippen molar-refractivity contribution < 1.29 is 33.6 Å². The molecular weight excluding hydrogens is 663 g/mol. The van der Waals surface area contributed by atoms with Crippen LogP contribution < -0.4 is 23.8 Å². The second kappa shape index (κ2) is 14.2. The number of aliphatic hydroxyl groups excluding tert-OH is 1. The van der Waals surface area contributed by atoms with Crippen molar-refractivity contribution in [3.63, 3.8) is 0 Å². The Balaban J connectivity index is 1.28. The minimum absolute atomic E-state index is 0.0912. The molecule has 1 aromatic heterocycles. The van der Waals surface area contributed by atoms with Crippen LogP contribution in [0.4, 0.5) is 5.13 Å². The molecular formula is C37H33N3O7S2. The lowest BCUT2D eigenvalue weighted by Crippen LogP contribution is -2.29. The highest BCUT2D eigenvalue weighted by molar-refractivity contribution is 8.00. The third-order valence-corrected chi connectivity index (χ3v) is 10.2. The van der Waals surface area contributed by atoms with Gasteiger partial charge in [0.2, 0.25) is 5.13 Å². The summed E-state index contributed by atoms with van der Waals surface area (Å²) >= 11 is 2.71. The average Bonchev–Trinajstić information content (AvgIpc) is 3.71. The summed E-state index contributed by atoms with van der Waals surface area (Å²) in [5, 5.41) is 23.0. The molecule has 12 heteroatoms. The van der Waals surface area contributed by atoms with Gasteiger partial charge in [-0.1, -0.05) is 78.6 Å². The SMILES string of the molecule is CCCOc1ccc([C@@H]2C(=C(O)c3ccc4c(c3)OCCO4)C(=O)C(=O)N2c2nnc(SCc3cccc4ccccc34)s2)cc1OCC. The molecule has 7 rings (SSSR count). The van der Waals surface area contributed by atoms with E-state index >= 15 is 0 Å². The zero-order chi connectivity index (χ0) is 33.9. The van der Waals surface area contributed by atoms with E-state index in [4.69, 9.17) is 18.9 Å². The molecule has 0 spiro atoms. The summed E-state index contributed by atoms with van der Waals surface area (Å²) in [7, 11) is 0. The number of amides is 1. The summed E-state index contributed by atoms with van der Waals surface area (Å²) in [4.78, 5) is 29.1. The highest BCUT2D eigenvalue weighted by Gasteiger charge is 2.48. The molecule has 1 fully saturated rings. The van der Waals surface area contributed by atoms with Crippen molar-refractivity contribution >= 4 is 56.5 Å². The Morgan fingerprint density at radius 2 is 1.76 bits per heavy atom. The van der Waals surface area contributed by atoms with Crippen molar-refractivity contribution in [2.75, 3.05) is 31.3 Å². The van der Waals surface area contributed by atoms with E-state index < -0.39 is 17.7 Å². The number of rotatable bonds is 11. The number of ether oxygens (including phenoxy) is 4. The van der Waals surface area contributed by atoms with Gasteiger partial charge < -0.3 is 24.1 Å². The summed E-state index contributed by atoms with van der Waals surface area (Å²) in [5.74, 6) is 0.597. The molecule has 4 aromatic carbocycles. The molecule has 1 amide bonds. The molecule has 2 aliphatic rings. The number of hydrogen-bond donors (Lipinski definition) is 1. The van der Waals surface area contributed by atoms with Crippen LogP contribution in [0.15, 0.2) is 88.8 Å². The summed E-state index contributed by atoms with van der Waals surface area (Å²) in [6.07, 6.45) is 0.806. The van der Waals surface area contributed by atoms with E-state index in [1.807, 2.05) is 32.0 Å². The van der Waals surface area contributed by atoms with E-state index in [9.17, 15) is 14.7 Å². The maximum Gasteiger partial charge on any atom is 0.301 e. The van der Waals surface area contributed by atoms with Crippen LogP contribution >= 0.6 is 23.1 Å². The first kappa shape index (κ1) is 32.5. The van der Waals surface area contributed by atoms with E-state index in [0.29, 0.717) is 70.6 Å². The Hall–Kier alpha value is -5.07. The van der Waals surface area contributed by atoms with Gasteiger partial charge in [-0.25, -0.2) is 0 Å². The van der Waals surface area contributed by atoms with Crippen LogP contribution in [0.2, 0.25) is 0 Å². The summed E-state index contributed by atoms with van der Waals surface area (Å²) < 4.78 is 23.8. The number of benzene rings is 4. The van der Waals surface area contributed by atoms with Crippen molar-refractivity contribution in [3.8, 4) is 23.0 Å². The number of carbonyl (C=O) groups is 2. The smallest absolute Gasteiger partial charge is 0.301 e. The molecule has 1 saturated heterocycles. The maximum absolute atomic E-state index is 13.9. The highest BCUT2D eigenvalue weighted by Crippen LogP contribution is 2.46. The molecule has 0 saturated carbocycles. The summed E-state index contributed by atoms with van der Waals surface area (Å²) in [6.45, 7) is 5.50. The van der Waals surface area contributed by atoms with Crippen molar-refractivity contribution in [2.24, 2.45) is 0 Å². The third-order valence-electron chi connectivity index (χ3n) is 8.14. The number of aliphatic hydroxyl groups is 1. The normalized spacial score (nSPS) is 16.7. The molecule has 10 nitrogen and oxygen atoms in total. The fourth-order valence-electron chi connectivity index (χ4n) is 5.90. The minimum Gasteiger partial charge on any atom is -0.507 e. The number of thioether (sulfide) groups is 1. The average molecular weight is 696 g/mol. The second-order valence-electron chi connectivity index (χ2n) is 11.3. The second-order valence-corrected chi connectivity index (χ2v) is 13.5. The van der Waals surface area contributed by atoms with Gasteiger partial charge in [0.05, 0.1) is 24.8 Å². The van der Waals surface area contributed by atoms with Crippen LogP contribution in [-0.2, 0) is 15.3 Å². The molecule has 49 heavy (non-hydrogen) atoms. The Morgan fingerprint density at radius 1 is 0.939 bits per heavy atom. The standard InChI is InChI=1S/C37H33N3O7S2/c1-3-16-45-27-14-12-23(19-29(27)44-4-2)32-31(33(41)24-13-15-28-30(20-24)47-18-17-46-28)34(42)35(43)40(32)36-38-39-37(49-36)48-21-25-10-7-9-22-8-5-6-11-26(22)25/h5-15,19-20,32,41H,3-4,16-18,21H2,1-2H3/t32-/m1/s1. The molecule has 1 atom stereocenters. The number of anilines is 1. The molecule has 0 radical (unpaired) electrons. The molecule has 1 N–H and O–H groups in total. The van der Waals surface area contributed by atoms with Crippen molar-refractivity contribution in [1.82, 2.24) is 10.2 Å². The van der Waals surface area contributed by atoms with Gasteiger partial charge in [0.25, 0.3) is 5.78 Å². The van der Waals surface area contributed by atoms with Crippen LogP contribution in [0.1, 0.15) is 43.0 Å². The number of nitrogens with zero attached hydrogens (tertiary/aromatic N) is 3. The molecule has 0 unspecified atom stereocenters. The van der Waals surface area contributed by atoms with Crippen LogP contribution in [-0.4, -0.2) is 53.4 Å². The van der Waals surface area contributed by atoms with Gasteiger partial charge in [-0.2, -0.15) is 0 Å². The molecule has 250 valence electrons. The predicted octanol–water partition coefficient (Wildman–Crippen LogP) is 7.57. The Morgan fingerprint density at radius 3 is 2.59 bits per heavy atom. The number of carbonyl (C=O) groups excluding carboxylic acids is 2. The van der Waals surface area contributed by atoms with Crippen LogP contribution in [0.3, 0.4) is 0 Å². The van der Waals surface area contributed by atoms with Crippen molar-refractivity contribution in [1.29, 1.82) is 0 Å². The molecule has 0 bridgehead atoms. The number of Topliss-reactive ketones (excluding diaryl/α,β-unsaturated/α-hetero) is 1. The van der Waals surface area contributed by atoms with Crippen molar-refractivity contribution in [3.05, 3.63) is 101 Å². The predicted molar refractivity (Wildman–Crippen MR) is 189 cm³/mol. The quantitative estimate of drug-likeness (QED) is 0.0487. The Kier molecular flexibility index (Phi) is 9.41. The first-order chi connectivity index (χ1) is 24.0. The fourth-order valence-corrected chi connectivity index (χ4v) is 7.77. The van der Waals surface area contributed by atoms with Gasteiger partial charge in [0.1, 0.15) is 19.0 Å². The Labute approximate surface area is 291 Å². The Bertz CT molecular complexity index is 2070. The zero-order valence-corrected chi connectivity index (χ0v) is 28.5. The number of fused-ring (bicyclic) bond motifs is 2. The third kappa shape index (κ3) is 6.41. The van der Waals surface area contributed by atoms with E-state index in [1.54, 1.807) is 36.4 Å². The monoisotopic (exact) mass is 695 g/mol. The fraction of sp³-hybridized carbons (Fsp3) is 0.243. The van der Waals surface area contributed by atoms with E-state index in [1.165, 1.54) is 28.0 Å².